The van der Waals surface area contributed by atoms with E-state index in [4.69, 9.17) is 0 Å². The summed E-state index contributed by atoms with van der Waals surface area (Å²) >= 11 is 0. The fourth-order valence-electron chi connectivity index (χ4n) is 3.01. The van der Waals surface area contributed by atoms with Gasteiger partial charge in [-0.1, -0.05) is 12.1 Å². The fraction of sp³-hybridized carbons (Fsp3) is 0.211. The van der Waals surface area contributed by atoms with Gasteiger partial charge < -0.3 is 15.2 Å². The Labute approximate surface area is 146 Å². The quantitative estimate of drug-likeness (QED) is 0.773. The van der Waals surface area contributed by atoms with Gasteiger partial charge in [0.15, 0.2) is 0 Å². The lowest BCUT2D eigenvalue weighted by molar-refractivity contribution is 0.102. The molecule has 0 fully saturated rings. The maximum Gasteiger partial charge on any atom is 0.273 e. The largest absolute Gasteiger partial charge is 0.349 e. The third kappa shape index (κ3) is 3.16. The van der Waals surface area contributed by atoms with Crippen LogP contribution in [0.5, 0.6) is 0 Å². The van der Waals surface area contributed by atoms with Gasteiger partial charge >= 0.3 is 0 Å². The van der Waals surface area contributed by atoms with Crippen LogP contribution < -0.4 is 5.32 Å². The van der Waals surface area contributed by atoms with Crippen molar-refractivity contribution in [3.05, 3.63) is 60.1 Å². The average molecular weight is 333 g/mol. The van der Waals surface area contributed by atoms with Crippen LogP contribution in [0.1, 0.15) is 22.5 Å². The summed E-state index contributed by atoms with van der Waals surface area (Å²) in [6.07, 6.45) is 6.75. The molecule has 1 amide bonds. The Hall–Kier alpha value is -2.99. The fourth-order valence-corrected chi connectivity index (χ4v) is 3.01. The van der Waals surface area contributed by atoms with Crippen molar-refractivity contribution >= 4 is 17.3 Å². The van der Waals surface area contributed by atoms with E-state index >= 15 is 0 Å². The lowest BCUT2D eigenvalue weighted by Gasteiger charge is -2.22. The van der Waals surface area contributed by atoms with Crippen molar-refractivity contribution in [1.82, 2.24) is 19.9 Å². The van der Waals surface area contributed by atoms with Crippen LogP contribution in [-0.2, 0) is 0 Å². The van der Waals surface area contributed by atoms with Crippen molar-refractivity contribution in [1.29, 1.82) is 0 Å². The molecule has 126 valence electrons. The van der Waals surface area contributed by atoms with E-state index in [2.05, 4.69) is 38.3 Å². The molecule has 0 bridgehead atoms. The van der Waals surface area contributed by atoms with E-state index in [1.807, 2.05) is 24.4 Å². The summed E-state index contributed by atoms with van der Waals surface area (Å²) in [5.74, 6) is 0.310. The second-order valence-corrected chi connectivity index (χ2v) is 6.21. The van der Waals surface area contributed by atoms with Crippen LogP contribution in [0.3, 0.4) is 0 Å². The van der Waals surface area contributed by atoms with Gasteiger partial charge in [-0.3, -0.25) is 9.78 Å². The smallest absolute Gasteiger partial charge is 0.273 e. The minimum atomic E-state index is -0.217. The summed E-state index contributed by atoms with van der Waals surface area (Å²) in [7, 11) is 2.11. The molecule has 2 N–H and O–H groups in total. The molecule has 0 atom stereocenters. The van der Waals surface area contributed by atoms with E-state index in [0.29, 0.717) is 11.5 Å². The number of carbonyl (C=O) groups is 1. The zero-order valence-corrected chi connectivity index (χ0v) is 14.0. The molecule has 25 heavy (non-hydrogen) atoms. The Kier molecular flexibility index (Phi) is 4.03. The normalized spacial score (nSPS) is 15.2. The van der Waals surface area contributed by atoms with Crippen molar-refractivity contribution in [2.75, 3.05) is 25.5 Å². The molecule has 1 aromatic rings. The molecule has 0 spiro atoms. The number of H-pyrrole nitrogens is 1. The number of hydrogen-bond acceptors (Lipinski definition) is 4. The molecule has 0 saturated heterocycles. The molecule has 0 aliphatic carbocycles. The van der Waals surface area contributed by atoms with Crippen LogP contribution in [0.15, 0.2) is 48.8 Å². The zero-order valence-electron chi connectivity index (χ0n) is 14.0. The Morgan fingerprint density at radius 2 is 2.16 bits per heavy atom. The Morgan fingerprint density at radius 3 is 2.92 bits per heavy atom. The first-order valence-electron chi connectivity index (χ1n) is 8.29. The van der Waals surface area contributed by atoms with Crippen LogP contribution in [0.2, 0.25) is 0 Å². The molecule has 0 radical (unpaired) electrons. The highest BCUT2D eigenvalue weighted by atomic mass is 16.1. The van der Waals surface area contributed by atoms with Gasteiger partial charge in [-0.15, -0.1) is 0 Å². The highest BCUT2D eigenvalue weighted by molar-refractivity contribution is 6.03. The van der Waals surface area contributed by atoms with Gasteiger partial charge in [-0.25, -0.2) is 4.98 Å². The van der Waals surface area contributed by atoms with E-state index < -0.39 is 0 Å². The van der Waals surface area contributed by atoms with Crippen molar-refractivity contribution in [3.8, 4) is 11.4 Å². The number of hydrogen-bond donors (Lipinski definition) is 2. The monoisotopic (exact) mass is 333 g/mol. The third-order valence-corrected chi connectivity index (χ3v) is 4.44. The standard InChI is InChI=1S/C19H19N5O/c1-24-10-7-13(8-11-24)14-12-21-15-5-6-16(22-18(14)15)19(25)23-17-4-2-3-9-20-17/h2-7,9,12,22H,8,10-11H2,1H3,(H,20,23,25). The maximum atomic E-state index is 12.5. The average Bonchev–Trinajstić information content (AvgIpc) is 3.06. The number of nitrogens with zero attached hydrogens (tertiary/aromatic N) is 3. The molecular formula is C19H19N5O. The second-order valence-electron chi connectivity index (χ2n) is 6.21. The van der Waals surface area contributed by atoms with Gasteiger partial charge in [-0.05, 0) is 43.3 Å². The number of aromatic amines is 1. The molecule has 4 rings (SSSR count). The van der Waals surface area contributed by atoms with Gasteiger partial charge in [0.05, 0.1) is 11.4 Å². The predicted octanol–water partition coefficient (Wildman–Crippen LogP) is 2.88. The van der Waals surface area contributed by atoms with E-state index in [1.165, 1.54) is 5.57 Å². The highest BCUT2D eigenvalue weighted by Gasteiger charge is 2.19. The zero-order chi connectivity index (χ0) is 17.2. The van der Waals surface area contributed by atoms with E-state index in [0.717, 1.165) is 36.5 Å². The van der Waals surface area contributed by atoms with Crippen molar-refractivity contribution in [2.45, 2.75) is 6.42 Å². The number of amides is 1. The Bertz CT molecular complexity index is 899. The number of carbonyl (C=O) groups excluding carboxylic acids is 1. The van der Waals surface area contributed by atoms with E-state index in [9.17, 15) is 4.79 Å². The van der Waals surface area contributed by atoms with E-state index in [-0.39, 0.29) is 5.91 Å². The summed E-state index contributed by atoms with van der Waals surface area (Å²) in [4.78, 5) is 26.6. The van der Waals surface area contributed by atoms with Crippen LogP contribution in [-0.4, -0.2) is 45.9 Å². The number of likely N-dealkylation sites (N-methyl/N-ethyl adjacent to an activating group) is 1. The number of anilines is 1. The molecule has 1 aromatic heterocycles. The first-order chi connectivity index (χ1) is 12.2. The summed E-state index contributed by atoms with van der Waals surface area (Å²) in [5.41, 5.74) is 4.62. The van der Waals surface area contributed by atoms with Crippen LogP contribution in [0.25, 0.3) is 17.0 Å². The van der Waals surface area contributed by atoms with Gasteiger partial charge in [0.1, 0.15) is 11.5 Å². The molecule has 0 unspecified atom stereocenters. The highest BCUT2D eigenvalue weighted by Crippen LogP contribution is 2.32. The third-order valence-electron chi connectivity index (χ3n) is 4.44. The minimum absolute atomic E-state index is 0.217. The molecule has 3 aliphatic heterocycles. The topological polar surface area (TPSA) is 73.9 Å². The van der Waals surface area contributed by atoms with Crippen molar-refractivity contribution < 1.29 is 4.79 Å². The number of aromatic nitrogens is 3. The summed E-state index contributed by atoms with van der Waals surface area (Å²) in [6.45, 7) is 1.96. The molecule has 0 saturated carbocycles. The lowest BCUT2D eigenvalue weighted by Crippen LogP contribution is -2.23. The SMILES string of the molecule is CN1CC=C(c2cnc3ccc(C(=O)Nc4ccccn4)[nH]c2-3)CC1. The second kappa shape index (κ2) is 6.49. The number of pyridine rings is 2. The van der Waals surface area contributed by atoms with Crippen LogP contribution >= 0.6 is 0 Å². The first-order valence-corrected chi connectivity index (χ1v) is 8.29. The first kappa shape index (κ1) is 15.5. The molecule has 4 heterocycles. The Morgan fingerprint density at radius 1 is 1.24 bits per heavy atom. The van der Waals surface area contributed by atoms with Crippen molar-refractivity contribution in [2.24, 2.45) is 0 Å². The maximum absolute atomic E-state index is 12.5. The van der Waals surface area contributed by atoms with Crippen LogP contribution in [0, 0.1) is 0 Å². The molecule has 3 aliphatic rings. The Balaban J connectivity index is 1.64. The van der Waals surface area contributed by atoms with Gasteiger partial charge in [0.2, 0.25) is 0 Å². The summed E-state index contributed by atoms with van der Waals surface area (Å²) < 4.78 is 0. The predicted molar refractivity (Wildman–Crippen MR) is 97.5 cm³/mol. The molecule has 6 nitrogen and oxygen atoms in total. The van der Waals surface area contributed by atoms with Gasteiger partial charge in [-0.2, -0.15) is 0 Å². The lowest BCUT2D eigenvalue weighted by atomic mass is 9.99. The molecular weight excluding hydrogens is 314 g/mol. The van der Waals surface area contributed by atoms with Crippen LogP contribution in [0.4, 0.5) is 5.82 Å². The number of nitrogens with one attached hydrogen (secondary N) is 2. The molecule has 6 heteroatoms. The summed E-state index contributed by atoms with van der Waals surface area (Å²) in [6, 6.07) is 9.03. The number of rotatable bonds is 3. The van der Waals surface area contributed by atoms with Crippen molar-refractivity contribution in [3.63, 3.8) is 0 Å². The summed E-state index contributed by atoms with van der Waals surface area (Å²) in [5, 5.41) is 2.80. The number of fused-ring (bicyclic) bond motifs is 1. The van der Waals surface area contributed by atoms with Gasteiger partial charge in [0, 0.05) is 31.0 Å². The molecule has 0 aromatic carbocycles. The minimum Gasteiger partial charge on any atom is -0.349 e. The van der Waals surface area contributed by atoms with E-state index in [1.54, 1.807) is 18.3 Å². The van der Waals surface area contributed by atoms with Gasteiger partial charge in [0.25, 0.3) is 5.91 Å².